The molecular weight excluding hydrogens is 484 g/mol. The maximum absolute atomic E-state index is 12.9. The molecule has 0 spiro atoms. The molecule has 0 saturated carbocycles. The number of benzene rings is 2. The third-order valence-electron chi connectivity index (χ3n) is 5.01. The van der Waals surface area contributed by atoms with Crippen molar-refractivity contribution >= 4 is 49.0 Å². The molecule has 0 aliphatic carbocycles. The van der Waals surface area contributed by atoms with Crippen LogP contribution in [0.1, 0.15) is 32.3 Å². The summed E-state index contributed by atoms with van der Waals surface area (Å²) in [6, 6.07) is 10.2. The Morgan fingerprint density at radius 3 is 2.52 bits per heavy atom. The lowest BCUT2D eigenvalue weighted by Crippen LogP contribution is -2.28. The molecule has 0 fully saturated rings. The van der Waals surface area contributed by atoms with Gasteiger partial charge in [0.05, 0.1) is 17.3 Å². The average Bonchev–Trinajstić information content (AvgIpc) is 3.15. The fraction of sp³-hybridized carbons (Fsp3) is 0.364. The summed E-state index contributed by atoms with van der Waals surface area (Å²) in [6.45, 7) is 4.75. The van der Waals surface area contributed by atoms with Crippen LogP contribution in [0.4, 0.5) is 11.4 Å². The molecule has 3 rings (SSSR count). The molecule has 0 atom stereocenters. The molecule has 0 radical (unpaired) electrons. The molecule has 2 aromatic carbocycles. The Hall–Kier alpha value is -2.39. The number of fused-ring (bicyclic) bond motifs is 1. The average molecular weight is 509 g/mol. The number of nitrogens with one attached hydrogen (secondary N) is 1. The predicted octanol–water partition coefficient (Wildman–Crippen LogP) is 3.95. The first kappa shape index (κ1) is 23.3. The number of hydrogen-bond acceptors (Lipinski definition) is 5. The van der Waals surface area contributed by atoms with Crippen LogP contribution < -0.4 is 15.0 Å². The minimum Gasteiger partial charge on any atom is -0.494 e. The van der Waals surface area contributed by atoms with E-state index in [2.05, 4.69) is 21.2 Å². The minimum atomic E-state index is -3.74. The van der Waals surface area contributed by atoms with Crippen LogP contribution in [0.2, 0.25) is 0 Å². The lowest BCUT2D eigenvalue weighted by atomic mass is 10.2. The first-order chi connectivity index (χ1) is 14.7. The van der Waals surface area contributed by atoms with Gasteiger partial charge in [-0.3, -0.25) is 9.59 Å². The molecule has 166 valence electrons. The number of nitrogens with zero attached hydrogens (tertiary/aromatic N) is 1. The highest BCUT2D eigenvalue weighted by atomic mass is 79.9. The lowest BCUT2D eigenvalue weighted by Gasteiger charge is -2.18. The first-order valence-corrected chi connectivity index (χ1v) is 12.6. The summed E-state index contributed by atoms with van der Waals surface area (Å²) in [7, 11) is -3.74. The van der Waals surface area contributed by atoms with Crippen molar-refractivity contribution in [3.05, 3.63) is 46.4 Å². The molecule has 0 unspecified atom stereocenters. The van der Waals surface area contributed by atoms with Crippen LogP contribution >= 0.6 is 15.9 Å². The third kappa shape index (κ3) is 5.46. The highest BCUT2D eigenvalue weighted by Crippen LogP contribution is 2.36. The fourth-order valence-corrected chi connectivity index (χ4v) is 5.89. The van der Waals surface area contributed by atoms with Crippen LogP contribution in [-0.2, 0) is 25.8 Å². The third-order valence-corrected chi connectivity index (χ3v) is 7.68. The second kappa shape index (κ2) is 9.82. The van der Waals surface area contributed by atoms with Gasteiger partial charge in [-0.1, -0.05) is 6.92 Å². The molecule has 1 N–H and O–H groups in total. The Bertz CT molecular complexity index is 1080. The van der Waals surface area contributed by atoms with Gasteiger partial charge in [-0.15, -0.1) is 0 Å². The van der Waals surface area contributed by atoms with Gasteiger partial charge in [0.25, 0.3) is 0 Å². The molecule has 0 aromatic heterocycles. The Morgan fingerprint density at radius 2 is 1.87 bits per heavy atom. The van der Waals surface area contributed by atoms with Crippen molar-refractivity contribution in [3.8, 4) is 5.75 Å². The van der Waals surface area contributed by atoms with Crippen LogP contribution in [0, 0.1) is 0 Å². The second-order valence-electron chi connectivity index (χ2n) is 7.13. The van der Waals surface area contributed by atoms with Crippen LogP contribution in [-0.4, -0.2) is 39.1 Å². The van der Waals surface area contributed by atoms with Gasteiger partial charge in [0.2, 0.25) is 11.8 Å². The Kier molecular flexibility index (Phi) is 7.38. The number of carbonyl (C=O) groups excluding carboxylic acids is 2. The van der Waals surface area contributed by atoms with Gasteiger partial charge in [-0.05, 0) is 71.2 Å². The molecular formula is C22H25BrN2O5S. The summed E-state index contributed by atoms with van der Waals surface area (Å²) in [5.74, 6) is -0.0818. The smallest absolute Gasteiger partial charge is 0.226 e. The van der Waals surface area contributed by atoms with Crippen LogP contribution in [0.25, 0.3) is 0 Å². The van der Waals surface area contributed by atoms with E-state index in [1.165, 1.54) is 0 Å². The molecule has 2 amide bonds. The maximum Gasteiger partial charge on any atom is 0.226 e. The van der Waals surface area contributed by atoms with E-state index in [0.29, 0.717) is 47.6 Å². The van der Waals surface area contributed by atoms with Crippen molar-refractivity contribution in [2.45, 2.75) is 38.0 Å². The van der Waals surface area contributed by atoms with E-state index < -0.39 is 15.7 Å². The van der Waals surface area contributed by atoms with Crippen LogP contribution in [0.15, 0.2) is 45.8 Å². The molecule has 1 aliphatic rings. The van der Waals surface area contributed by atoms with Crippen molar-refractivity contribution in [2.75, 3.05) is 29.1 Å². The molecule has 1 heterocycles. The van der Waals surface area contributed by atoms with E-state index in [9.17, 15) is 18.0 Å². The molecule has 0 saturated heterocycles. The maximum atomic E-state index is 12.9. The molecule has 31 heavy (non-hydrogen) atoms. The molecule has 1 aliphatic heterocycles. The first-order valence-electron chi connectivity index (χ1n) is 10.1. The Labute approximate surface area is 190 Å². The quantitative estimate of drug-likeness (QED) is 0.582. The standard InChI is InChI=1S/C22H25BrN2O5S/c1-3-22(27)25-11-9-15-13-18(23)20(14-19(15)25)31(28,29)12-10-21(26)24-16-5-7-17(8-6-16)30-4-2/h5-8,13-14H,3-4,9-12H2,1-2H3,(H,24,26). The van der Waals surface area contributed by atoms with Gasteiger partial charge < -0.3 is 15.0 Å². The number of sulfone groups is 1. The summed E-state index contributed by atoms with van der Waals surface area (Å²) in [5.41, 5.74) is 2.13. The minimum absolute atomic E-state index is 0.0425. The highest BCUT2D eigenvalue weighted by Gasteiger charge is 2.28. The van der Waals surface area contributed by atoms with Gasteiger partial charge in [0.1, 0.15) is 5.75 Å². The van der Waals surface area contributed by atoms with Gasteiger partial charge >= 0.3 is 0 Å². The molecule has 0 bridgehead atoms. The van der Waals surface area contributed by atoms with Gasteiger partial charge in [0.15, 0.2) is 9.84 Å². The van der Waals surface area contributed by atoms with E-state index in [1.54, 1.807) is 48.2 Å². The number of anilines is 2. The van der Waals surface area contributed by atoms with Crippen molar-refractivity contribution in [3.63, 3.8) is 0 Å². The molecule has 2 aromatic rings. The van der Waals surface area contributed by atoms with E-state index in [-0.39, 0.29) is 23.0 Å². The van der Waals surface area contributed by atoms with Crippen LogP contribution in [0.3, 0.4) is 0 Å². The zero-order chi connectivity index (χ0) is 22.6. The number of halogens is 1. The van der Waals surface area contributed by atoms with Crippen molar-refractivity contribution in [2.24, 2.45) is 0 Å². The lowest BCUT2D eigenvalue weighted by molar-refractivity contribution is -0.118. The van der Waals surface area contributed by atoms with Crippen LogP contribution in [0.5, 0.6) is 5.75 Å². The number of ether oxygens (including phenoxy) is 1. The number of rotatable bonds is 8. The zero-order valence-electron chi connectivity index (χ0n) is 17.5. The van der Waals surface area contributed by atoms with Crippen molar-refractivity contribution < 1.29 is 22.7 Å². The summed E-state index contributed by atoms with van der Waals surface area (Å²) in [5, 5.41) is 2.70. The van der Waals surface area contributed by atoms with Gasteiger partial charge in [-0.25, -0.2) is 8.42 Å². The Morgan fingerprint density at radius 1 is 1.16 bits per heavy atom. The summed E-state index contributed by atoms with van der Waals surface area (Å²) >= 11 is 3.34. The summed E-state index contributed by atoms with van der Waals surface area (Å²) < 4.78 is 31.7. The highest BCUT2D eigenvalue weighted by molar-refractivity contribution is 9.10. The molecule has 7 nitrogen and oxygen atoms in total. The van der Waals surface area contributed by atoms with E-state index in [1.807, 2.05) is 6.92 Å². The Balaban J connectivity index is 1.69. The molecule has 9 heteroatoms. The number of hydrogen-bond donors (Lipinski definition) is 1. The largest absolute Gasteiger partial charge is 0.494 e. The number of amides is 2. The van der Waals surface area contributed by atoms with Crippen molar-refractivity contribution in [1.82, 2.24) is 0 Å². The van der Waals surface area contributed by atoms with E-state index >= 15 is 0 Å². The SMILES string of the molecule is CCOc1ccc(NC(=O)CCS(=O)(=O)c2cc3c(cc2Br)CCN3C(=O)CC)cc1. The summed E-state index contributed by atoms with van der Waals surface area (Å²) in [6.07, 6.45) is 0.852. The van der Waals surface area contributed by atoms with Gasteiger partial charge in [0, 0.05) is 35.2 Å². The number of carbonyl (C=O) groups is 2. The van der Waals surface area contributed by atoms with E-state index in [4.69, 9.17) is 4.74 Å². The zero-order valence-corrected chi connectivity index (χ0v) is 19.9. The van der Waals surface area contributed by atoms with Gasteiger partial charge in [-0.2, -0.15) is 0 Å². The topological polar surface area (TPSA) is 92.8 Å². The second-order valence-corrected chi connectivity index (χ2v) is 10.1. The monoisotopic (exact) mass is 508 g/mol. The normalized spacial score (nSPS) is 13.1. The predicted molar refractivity (Wildman–Crippen MR) is 123 cm³/mol. The van der Waals surface area contributed by atoms with Crippen molar-refractivity contribution in [1.29, 1.82) is 0 Å². The van der Waals surface area contributed by atoms with E-state index in [0.717, 1.165) is 5.56 Å². The summed E-state index contributed by atoms with van der Waals surface area (Å²) in [4.78, 5) is 26.2. The fourth-order valence-electron chi connectivity index (χ4n) is 3.44.